The van der Waals surface area contributed by atoms with E-state index in [0.717, 1.165) is 31.6 Å². The number of likely N-dealkylation sites (tertiary alicyclic amines) is 1. The van der Waals surface area contributed by atoms with Crippen LogP contribution in [-0.4, -0.2) is 47.4 Å². The Morgan fingerprint density at radius 1 is 1.62 bits per heavy atom. The Bertz CT molecular complexity index is 273. The molecule has 1 amide bonds. The topological polar surface area (TPSA) is 23.6 Å². The fourth-order valence-electron chi connectivity index (χ4n) is 2.33. The van der Waals surface area contributed by atoms with Crippen LogP contribution in [0.15, 0.2) is 12.2 Å². The molecule has 1 saturated heterocycles. The summed E-state index contributed by atoms with van der Waals surface area (Å²) in [6, 6.07) is 0.394. The fraction of sp³-hybridized carbons (Fsp3) is 0.769. The third kappa shape index (κ3) is 2.85. The van der Waals surface area contributed by atoms with Gasteiger partial charge in [0, 0.05) is 19.1 Å². The number of carbonyl (C=O) groups is 1. The van der Waals surface area contributed by atoms with E-state index in [4.69, 9.17) is 0 Å². The van der Waals surface area contributed by atoms with Gasteiger partial charge in [0.2, 0.25) is 5.91 Å². The van der Waals surface area contributed by atoms with Gasteiger partial charge in [-0.05, 0) is 33.7 Å². The molecule has 1 unspecified atom stereocenters. The molecule has 0 aromatic rings. The minimum Gasteiger partial charge on any atom is -0.339 e. The van der Waals surface area contributed by atoms with Crippen LogP contribution in [0.4, 0.5) is 0 Å². The van der Waals surface area contributed by atoms with Gasteiger partial charge in [-0.25, -0.2) is 0 Å². The van der Waals surface area contributed by atoms with Crippen LogP contribution < -0.4 is 0 Å². The highest BCUT2D eigenvalue weighted by Crippen LogP contribution is 2.20. The van der Waals surface area contributed by atoms with Crippen LogP contribution in [-0.2, 0) is 4.79 Å². The largest absolute Gasteiger partial charge is 0.339 e. The number of likely N-dealkylation sites (N-methyl/N-ethyl adjacent to an activating group) is 1. The van der Waals surface area contributed by atoms with Crippen molar-refractivity contribution in [2.75, 3.05) is 19.6 Å². The number of hydrogen-bond acceptors (Lipinski definition) is 2. The lowest BCUT2D eigenvalue weighted by Crippen LogP contribution is -2.44. The van der Waals surface area contributed by atoms with E-state index in [1.54, 1.807) is 0 Å². The SMILES string of the molecule is C=C(C)CN(CC)C1CCN(C(C)C)C1=O. The van der Waals surface area contributed by atoms with Crippen molar-refractivity contribution in [1.82, 2.24) is 9.80 Å². The summed E-state index contributed by atoms with van der Waals surface area (Å²) in [5.74, 6) is 0.290. The molecule has 1 atom stereocenters. The van der Waals surface area contributed by atoms with Crippen LogP contribution in [0.25, 0.3) is 0 Å². The van der Waals surface area contributed by atoms with Crippen molar-refractivity contribution >= 4 is 5.91 Å². The summed E-state index contributed by atoms with van der Waals surface area (Å²) in [6.45, 7) is 14.8. The van der Waals surface area contributed by atoms with Crippen LogP contribution >= 0.6 is 0 Å². The van der Waals surface area contributed by atoms with Crippen molar-refractivity contribution < 1.29 is 4.79 Å². The summed E-state index contributed by atoms with van der Waals surface area (Å²) in [4.78, 5) is 16.4. The molecule has 1 aliphatic rings. The van der Waals surface area contributed by atoms with E-state index in [1.165, 1.54) is 0 Å². The average molecular weight is 224 g/mol. The Kier molecular flexibility index (Phi) is 4.54. The molecule has 0 N–H and O–H groups in total. The molecule has 3 heteroatoms. The highest BCUT2D eigenvalue weighted by Gasteiger charge is 2.36. The lowest BCUT2D eigenvalue weighted by molar-refractivity contribution is -0.133. The third-order valence-electron chi connectivity index (χ3n) is 3.15. The first-order chi connectivity index (χ1) is 7.47. The quantitative estimate of drug-likeness (QED) is 0.666. The first-order valence-electron chi connectivity index (χ1n) is 6.16. The maximum atomic E-state index is 12.2. The summed E-state index contributed by atoms with van der Waals surface area (Å²) in [7, 11) is 0. The Morgan fingerprint density at radius 2 is 2.25 bits per heavy atom. The first-order valence-corrected chi connectivity index (χ1v) is 6.16. The molecule has 0 aliphatic carbocycles. The predicted octanol–water partition coefficient (Wildman–Crippen LogP) is 1.89. The molecule has 0 aromatic heterocycles. The summed E-state index contributed by atoms with van der Waals surface area (Å²) < 4.78 is 0. The van der Waals surface area contributed by atoms with Crippen LogP contribution in [0, 0.1) is 0 Å². The molecule has 1 heterocycles. The first kappa shape index (κ1) is 13.2. The molecule has 3 nitrogen and oxygen atoms in total. The molecular weight excluding hydrogens is 200 g/mol. The van der Waals surface area contributed by atoms with Crippen LogP contribution in [0.3, 0.4) is 0 Å². The van der Waals surface area contributed by atoms with Gasteiger partial charge in [0.25, 0.3) is 0 Å². The van der Waals surface area contributed by atoms with Crippen molar-refractivity contribution in [3.05, 3.63) is 12.2 Å². The summed E-state index contributed by atoms with van der Waals surface area (Å²) in [6.07, 6.45) is 0.956. The zero-order valence-electron chi connectivity index (χ0n) is 11.0. The van der Waals surface area contributed by atoms with Gasteiger partial charge >= 0.3 is 0 Å². The van der Waals surface area contributed by atoms with E-state index >= 15 is 0 Å². The zero-order valence-corrected chi connectivity index (χ0v) is 11.0. The lowest BCUT2D eigenvalue weighted by atomic mass is 10.2. The molecule has 1 rings (SSSR count). The predicted molar refractivity (Wildman–Crippen MR) is 67.3 cm³/mol. The van der Waals surface area contributed by atoms with E-state index in [0.29, 0.717) is 6.04 Å². The van der Waals surface area contributed by atoms with Crippen LogP contribution in [0.2, 0.25) is 0 Å². The van der Waals surface area contributed by atoms with E-state index in [-0.39, 0.29) is 11.9 Å². The fourth-order valence-corrected chi connectivity index (χ4v) is 2.33. The van der Waals surface area contributed by atoms with Gasteiger partial charge in [0.15, 0.2) is 0 Å². The second-order valence-corrected chi connectivity index (χ2v) is 4.95. The van der Waals surface area contributed by atoms with E-state index in [2.05, 4.69) is 32.3 Å². The van der Waals surface area contributed by atoms with E-state index in [9.17, 15) is 4.79 Å². The van der Waals surface area contributed by atoms with Crippen molar-refractivity contribution in [3.8, 4) is 0 Å². The number of amides is 1. The van der Waals surface area contributed by atoms with Gasteiger partial charge in [-0.2, -0.15) is 0 Å². The Morgan fingerprint density at radius 3 is 2.62 bits per heavy atom. The third-order valence-corrected chi connectivity index (χ3v) is 3.15. The molecule has 1 fully saturated rings. The maximum Gasteiger partial charge on any atom is 0.240 e. The zero-order chi connectivity index (χ0) is 12.3. The number of rotatable bonds is 5. The molecule has 0 saturated carbocycles. The normalized spacial score (nSPS) is 21.2. The molecule has 0 radical (unpaired) electrons. The molecule has 92 valence electrons. The Hall–Kier alpha value is -0.830. The van der Waals surface area contributed by atoms with Crippen LogP contribution in [0.1, 0.15) is 34.1 Å². The highest BCUT2D eigenvalue weighted by atomic mass is 16.2. The van der Waals surface area contributed by atoms with Gasteiger partial charge < -0.3 is 4.90 Å². The molecule has 0 bridgehead atoms. The van der Waals surface area contributed by atoms with Crippen molar-refractivity contribution in [1.29, 1.82) is 0 Å². The molecule has 0 aromatic carbocycles. The van der Waals surface area contributed by atoms with Crippen molar-refractivity contribution in [2.45, 2.75) is 46.2 Å². The minimum absolute atomic E-state index is 0.0732. The smallest absolute Gasteiger partial charge is 0.240 e. The molecule has 16 heavy (non-hydrogen) atoms. The van der Waals surface area contributed by atoms with Gasteiger partial charge in [-0.1, -0.05) is 19.1 Å². The second kappa shape index (κ2) is 5.48. The summed E-state index contributed by atoms with van der Waals surface area (Å²) in [5.41, 5.74) is 1.12. The van der Waals surface area contributed by atoms with Crippen molar-refractivity contribution in [3.63, 3.8) is 0 Å². The average Bonchev–Trinajstić information content (AvgIpc) is 2.56. The van der Waals surface area contributed by atoms with E-state index < -0.39 is 0 Å². The van der Waals surface area contributed by atoms with E-state index in [1.807, 2.05) is 11.8 Å². The number of carbonyl (C=O) groups excluding carboxylic acids is 1. The summed E-state index contributed by atoms with van der Waals surface area (Å²) in [5, 5.41) is 0. The molecular formula is C13H24N2O. The Balaban J connectivity index is 2.67. The maximum absolute atomic E-state index is 12.2. The van der Waals surface area contributed by atoms with Gasteiger partial charge in [0.05, 0.1) is 6.04 Å². The van der Waals surface area contributed by atoms with Gasteiger partial charge in [-0.15, -0.1) is 0 Å². The monoisotopic (exact) mass is 224 g/mol. The van der Waals surface area contributed by atoms with Crippen molar-refractivity contribution in [2.24, 2.45) is 0 Å². The van der Waals surface area contributed by atoms with Crippen LogP contribution in [0.5, 0.6) is 0 Å². The van der Waals surface area contributed by atoms with Gasteiger partial charge in [-0.3, -0.25) is 9.69 Å². The lowest BCUT2D eigenvalue weighted by Gasteiger charge is -2.27. The highest BCUT2D eigenvalue weighted by molar-refractivity contribution is 5.84. The minimum atomic E-state index is 0.0732. The molecule has 1 aliphatic heterocycles. The number of hydrogen-bond donors (Lipinski definition) is 0. The standard InChI is InChI=1S/C13H24N2O/c1-6-14(9-10(2)3)12-7-8-15(11(4)5)13(12)16/h11-12H,2,6-9H2,1,3-5H3. The van der Waals surface area contributed by atoms with Gasteiger partial charge in [0.1, 0.15) is 0 Å². The molecule has 0 spiro atoms. The number of nitrogens with zero attached hydrogens (tertiary/aromatic N) is 2. The Labute approximate surface area is 99.1 Å². The summed E-state index contributed by atoms with van der Waals surface area (Å²) >= 11 is 0. The second-order valence-electron chi connectivity index (χ2n) is 4.95.